The predicted molar refractivity (Wildman–Crippen MR) is 160 cm³/mol. The number of nitrogens with zero attached hydrogens (tertiary/aromatic N) is 7. The molecule has 203 valence electrons. The summed E-state index contributed by atoms with van der Waals surface area (Å²) in [6.45, 7) is 0. The summed E-state index contributed by atoms with van der Waals surface area (Å²) in [7, 11) is 0. The summed E-state index contributed by atoms with van der Waals surface area (Å²) in [6, 6.07) is 29.7. The maximum absolute atomic E-state index is 6.42. The Morgan fingerprint density at radius 1 is 0.595 bits per heavy atom. The van der Waals surface area contributed by atoms with Gasteiger partial charge in [0.25, 0.3) is 0 Å². The van der Waals surface area contributed by atoms with E-state index >= 15 is 0 Å². The van der Waals surface area contributed by atoms with E-state index in [0.717, 1.165) is 43.8 Å². The molecule has 0 spiro atoms. The van der Waals surface area contributed by atoms with Gasteiger partial charge in [0.1, 0.15) is 6.17 Å². The van der Waals surface area contributed by atoms with Gasteiger partial charge in [0.2, 0.25) is 0 Å². The zero-order valence-electron chi connectivity index (χ0n) is 21.5. The van der Waals surface area contributed by atoms with Gasteiger partial charge in [-0.15, -0.1) is 0 Å². The number of fused-ring (bicyclic) bond motifs is 18. The number of hydrogen-bond acceptors (Lipinski definition) is 6. The van der Waals surface area contributed by atoms with Gasteiger partial charge in [-0.25, -0.2) is 4.99 Å². The number of rotatable bonds is 0. The minimum atomic E-state index is -0.381. The first-order valence-electron chi connectivity index (χ1n) is 13.2. The van der Waals surface area contributed by atoms with Crippen molar-refractivity contribution in [3.63, 3.8) is 0 Å². The fourth-order valence-electron chi connectivity index (χ4n) is 5.69. The van der Waals surface area contributed by atoms with Gasteiger partial charge in [0, 0.05) is 44.3 Å². The fourth-order valence-corrected chi connectivity index (χ4v) is 5.86. The maximum Gasteiger partial charge on any atom is 2.00 e. The molecule has 0 saturated carbocycles. The number of nitrogens with one attached hydrogen (secondary N) is 1. The van der Waals surface area contributed by atoms with Crippen molar-refractivity contribution >= 4 is 62.3 Å². The Balaban J connectivity index is 0.00000267. The quantitative estimate of drug-likeness (QED) is 0.238. The fraction of sp³-hybridized carbons (Fsp3) is 0.0312. The molecule has 0 saturated heterocycles. The first kappa shape index (κ1) is 24.9. The van der Waals surface area contributed by atoms with Crippen LogP contribution in [0.4, 0.5) is 11.6 Å². The van der Waals surface area contributed by atoms with Crippen molar-refractivity contribution < 1.29 is 17.1 Å². The molecule has 10 heteroatoms. The molecule has 1 atom stereocenters. The molecule has 6 aromatic rings. The topological polar surface area (TPSA) is 102 Å². The molecule has 1 unspecified atom stereocenters. The summed E-state index contributed by atoms with van der Waals surface area (Å²) in [5.41, 5.74) is 4.72. The number of anilines is 1. The third-order valence-electron chi connectivity index (χ3n) is 7.59. The van der Waals surface area contributed by atoms with Crippen molar-refractivity contribution in [3.05, 3.63) is 129 Å². The number of hydrogen-bond donors (Lipinski definition) is 1. The minimum absolute atomic E-state index is 0. The average molecular weight is 613 g/mol. The first-order chi connectivity index (χ1) is 20.2. The molecule has 0 fully saturated rings. The van der Waals surface area contributed by atoms with Gasteiger partial charge in [-0.3, -0.25) is 4.99 Å². The van der Waals surface area contributed by atoms with E-state index in [-0.39, 0.29) is 23.2 Å². The summed E-state index contributed by atoms with van der Waals surface area (Å²) in [5, 5.41) is 7.66. The Hall–Kier alpha value is -4.82. The van der Waals surface area contributed by atoms with Crippen LogP contribution in [0.2, 0.25) is 5.02 Å². The van der Waals surface area contributed by atoms with Gasteiger partial charge in [-0.1, -0.05) is 90.5 Å². The maximum atomic E-state index is 6.42. The third kappa shape index (κ3) is 3.71. The number of amidine groups is 3. The SMILES string of the molecule is Clc1ccc2c3[n-]c(c2c1)=NC1=N/C(=N\c2[n-]c(c4ccccc24)NC2N=C(N=3)c3ccccc32)c2ccccc21.[Cu+2]. The van der Waals surface area contributed by atoms with Crippen LogP contribution in [0.25, 0.3) is 21.5 Å². The summed E-state index contributed by atoms with van der Waals surface area (Å²) in [5.74, 6) is 2.94. The second kappa shape index (κ2) is 9.36. The van der Waals surface area contributed by atoms with E-state index in [1.54, 1.807) is 0 Å². The molecular weight excluding hydrogens is 595 g/mol. The smallest absolute Gasteiger partial charge is 0.416 e. The molecule has 3 aliphatic rings. The number of aromatic nitrogens is 2. The number of benzene rings is 4. The zero-order chi connectivity index (χ0) is 27.1. The predicted octanol–water partition coefficient (Wildman–Crippen LogP) is 5.22. The zero-order valence-corrected chi connectivity index (χ0v) is 23.2. The van der Waals surface area contributed by atoms with Crippen LogP contribution < -0.4 is 26.3 Å². The van der Waals surface area contributed by atoms with Crippen molar-refractivity contribution in [1.29, 1.82) is 0 Å². The molecular formula is C32H17ClCuN8. The normalized spacial score (nSPS) is 17.5. The molecule has 4 aromatic carbocycles. The minimum Gasteiger partial charge on any atom is -0.416 e. The molecule has 0 aliphatic carbocycles. The molecule has 8 nitrogen and oxygen atoms in total. The first-order valence-corrected chi connectivity index (χ1v) is 13.5. The van der Waals surface area contributed by atoms with Crippen molar-refractivity contribution in [2.75, 3.05) is 5.32 Å². The van der Waals surface area contributed by atoms with Crippen molar-refractivity contribution in [2.24, 2.45) is 25.0 Å². The third-order valence-corrected chi connectivity index (χ3v) is 7.83. The second-order valence-electron chi connectivity index (χ2n) is 10.0. The van der Waals surface area contributed by atoms with Crippen LogP contribution in [0, 0.1) is 0 Å². The van der Waals surface area contributed by atoms with Gasteiger partial charge >= 0.3 is 17.1 Å². The molecule has 3 aliphatic heterocycles. The Labute approximate surface area is 254 Å². The van der Waals surface area contributed by atoms with Gasteiger partial charge in [0.15, 0.2) is 0 Å². The summed E-state index contributed by atoms with van der Waals surface area (Å²) in [6.07, 6.45) is -0.381. The van der Waals surface area contributed by atoms with Crippen LogP contribution in [0.5, 0.6) is 0 Å². The molecule has 0 amide bonds. The Bertz CT molecular complexity index is 2330. The van der Waals surface area contributed by atoms with Crippen LogP contribution in [-0.4, -0.2) is 17.5 Å². The summed E-state index contributed by atoms with van der Waals surface area (Å²) in [4.78, 5) is 34.6. The molecule has 8 bridgehead atoms. The van der Waals surface area contributed by atoms with E-state index in [9.17, 15) is 0 Å². The summed E-state index contributed by atoms with van der Waals surface area (Å²) < 4.78 is 0. The molecule has 5 heterocycles. The van der Waals surface area contributed by atoms with Gasteiger partial charge < -0.3 is 30.3 Å². The monoisotopic (exact) mass is 611 g/mol. The van der Waals surface area contributed by atoms with Crippen LogP contribution in [0.15, 0.2) is 116 Å². The second-order valence-corrected chi connectivity index (χ2v) is 10.4. The van der Waals surface area contributed by atoms with Crippen molar-refractivity contribution in [2.45, 2.75) is 6.17 Å². The van der Waals surface area contributed by atoms with Crippen molar-refractivity contribution in [3.8, 4) is 0 Å². The molecule has 42 heavy (non-hydrogen) atoms. The van der Waals surface area contributed by atoms with Gasteiger partial charge in [-0.05, 0) is 39.2 Å². The van der Waals surface area contributed by atoms with Crippen LogP contribution in [0.3, 0.4) is 0 Å². The van der Waals surface area contributed by atoms with E-state index in [4.69, 9.17) is 46.5 Å². The van der Waals surface area contributed by atoms with Gasteiger partial charge in [0.05, 0.1) is 17.5 Å². The van der Waals surface area contributed by atoms with Crippen LogP contribution in [-0.2, 0) is 17.1 Å². The molecule has 1 radical (unpaired) electrons. The van der Waals surface area contributed by atoms with E-state index < -0.39 is 0 Å². The summed E-state index contributed by atoms with van der Waals surface area (Å²) >= 11 is 6.42. The number of halogens is 1. The number of aliphatic imine (C=N–C) groups is 3. The van der Waals surface area contributed by atoms with E-state index in [1.165, 1.54) is 0 Å². The molecule has 2 aromatic heterocycles. The molecule has 9 rings (SSSR count). The standard InChI is InChI=1S/C32H17ClN8.Cu/c33-16-13-14-23-24(15-16)32-40-30-22-12-6-5-11-21(22)28(38-30)36-26-18-8-2-1-7-17(18)25(34-26)35-27-19-9-3-4-10-20(19)29(37-27)39-31(23)41-32;/h1-15,27,35H;/q-2;+2. The average Bonchev–Trinajstić information content (AvgIpc) is 3.72. The van der Waals surface area contributed by atoms with E-state index in [1.807, 2.05) is 84.9 Å². The van der Waals surface area contributed by atoms with E-state index in [0.29, 0.717) is 45.1 Å². The van der Waals surface area contributed by atoms with Crippen LogP contribution in [0.1, 0.15) is 28.4 Å². The Morgan fingerprint density at radius 2 is 1.26 bits per heavy atom. The van der Waals surface area contributed by atoms with E-state index in [2.05, 4.69) is 11.4 Å². The van der Waals surface area contributed by atoms with Gasteiger partial charge in [-0.2, -0.15) is 0 Å². The Kier molecular flexibility index (Phi) is 5.55. The largest absolute Gasteiger partial charge is 2.00 e. The Morgan fingerprint density at radius 3 is 2.10 bits per heavy atom. The van der Waals surface area contributed by atoms with Crippen molar-refractivity contribution in [1.82, 2.24) is 9.97 Å². The van der Waals surface area contributed by atoms with Crippen LogP contribution >= 0.6 is 11.6 Å². The molecule has 1 N–H and O–H groups in total.